The van der Waals surface area contributed by atoms with E-state index in [9.17, 15) is 9.59 Å². The summed E-state index contributed by atoms with van der Waals surface area (Å²) in [5, 5.41) is 4.09. The van der Waals surface area contributed by atoms with Gasteiger partial charge in [-0.1, -0.05) is 65.3 Å². The summed E-state index contributed by atoms with van der Waals surface area (Å²) in [5.74, 6) is -0.821. The average molecular weight is 480 g/mol. The second-order valence-electron chi connectivity index (χ2n) is 7.46. The van der Waals surface area contributed by atoms with Gasteiger partial charge in [0.2, 0.25) is 0 Å². The number of hydrogen-bond donors (Lipinski definition) is 1. The third-order valence-corrected chi connectivity index (χ3v) is 6.09. The summed E-state index contributed by atoms with van der Waals surface area (Å²) >= 11 is 7.28. The monoisotopic (exact) mass is 479 g/mol. The van der Waals surface area contributed by atoms with Crippen LogP contribution in [0.3, 0.4) is 0 Å². The van der Waals surface area contributed by atoms with Crippen LogP contribution >= 0.6 is 23.4 Å². The number of thioether (sulfide) groups is 1. The van der Waals surface area contributed by atoms with Gasteiger partial charge in [-0.25, -0.2) is 4.98 Å². The molecule has 1 aromatic heterocycles. The van der Waals surface area contributed by atoms with Crippen LogP contribution in [0, 0.1) is 6.92 Å². The fraction of sp³-hybridized carbons (Fsp3) is 0.160. The Balaban J connectivity index is 1.37. The summed E-state index contributed by atoms with van der Waals surface area (Å²) in [6, 6.07) is 22.8. The number of halogens is 1. The van der Waals surface area contributed by atoms with E-state index in [0.29, 0.717) is 22.4 Å². The van der Waals surface area contributed by atoms with Gasteiger partial charge < -0.3 is 14.6 Å². The van der Waals surface area contributed by atoms with E-state index in [0.717, 1.165) is 22.2 Å². The van der Waals surface area contributed by atoms with E-state index < -0.39 is 5.97 Å². The normalized spacial score (nSPS) is 10.8. The predicted octanol–water partition coefficient (Wildman–Crippen LogP) is 5.32. The van der Waals surface area contributed by atoms with E-state index in [1.165, 1.54) is 11.8 Å². The van der Waals surface area contributed by atoms with E-state index in [1.54, 1.807) is 12.1 Å². The van der Waals surface area contributed by atoms with Crippen molar-refractivity contribution in [1.82, 2.24) is 9.55 Å². The maximum Gasteiger partial charge on any atom is 0.316 e. The van der Waals surface area contributed by atoms with Crippen molar-refractivity contribution in [1.29, 1.82) is 0 Å². The summed E-state index contributed by atoms with van der Waals surface area (Å²) in [7, 11) is 0. The maximum absolute atomic E-state index is 12.3. The van der Waals surface area contributed by atoms with Gasteiger partial charge in [0.1, 0.15) is 0 Å². The standard InChI is InChI=1S/C25H22ClN3O3S/c1-17-6-12-20(13-7-17)27-23(30)15-32-24(31)16-33-25-28-21-4-2-3-5-22(21)29(25)14-18-8-10-19(26)11-9-18/h2-13H,14-16H2,1H3,(H,27,30). The zero-order valence-electron chi connectivity index (χ0n) is 18.0. The van der Waals surface area contributed by atoms with E-state index >= 15 is 0 Å². The van der Waals surface area contributed by atoms with Crippen molar-refractivity contribution >= 4 is 52.0 Å². The van der Waals surface area contributed by atoms with E-state index in [-0.39, 0.29) is 18.3 Å². The van der Waals surface area contributed by atoms with Crippen LogP contribution in [0.15, 0.2) is 78.0 Å². The minimum absolute atomic E-state index is 0.0434. The Hall–Kier alpha value is -3.29. The molecule has 0 unspecified atom stereocenters. The van der Waals surface area contributed by atoms with Crippen molar-refractivity contribution in [3.8, 4) is 0 Å². The van der Waals surface area contributed by atoms with Crippen molar-refractivity contribution < 1.29 is 14.3 Å². The summed E-state index contributed by atoms with van der Waals surface area (Å²) in [5.41, 5.74) is 4.64. The van der Waals surface area contributed by atoms with Gasteiger partial charge in [-0.3, -0.25) is 9.59 Å². The minimum Gasteiger partial charge on any atom is -0.455 e. The molecule has 4 rings (SSSR count). The molecule has 0 atom stereocenters. The largest absolute Gasteiger partial charge is 0.455 e. The number of carbonyl (C=O) groups excluding carboxylic acids is 2. The number of benzene rings is 3. The molecular formula is C25H22ClN3O3S. The number of fused-ring (bicyclic) bond motifs is 1. The molecule has 1 heterocycles. The van der Waals surface area contributed by atoms with Crippen LogP contribution in [0.25, 0.3) is 11.0 Å². The highest BCUT2D eigenvalue weighted by molar-refractivity contribution is 7.99. The van der Waals surface area contributed by atoms with E-state index in [2.05, 4.69) is 14.9 Å². The van der Waals surface area contributed by atoms with Gasteiger partial charge in [-0.2, -0.15) is 0 Å². The first-order valence-corrected chi connectivity index (χ1v) is 11.7. The molecule has 0 saturated heterocycles. The number of aryl methyl sites for hydroxylation is 1. The molecule has 6 nitrogen and oxygen atoms in total. The highest BCUT2D eigenvalue weighted by Crippen LogP contribution is 2.25. The van der Waals surface area contributed by atoms with Gasteiger partial charge in [0.15, 0.2) is 11.8 Å². The Morgan fingerprint density at radius 2 is 1.76 bits per heavy atom. The molecule has 0 fully saturated rings. The quantitative estimate of drug-likeness (QED) is 0.273. The molecule has 0 aliphatic heterocycles. The van der Waals surface area contributed by atoms with Gasteiger partial charge in [0, 0.05) is 10.7 Å². The Labute approximate surface area is 200 Å². The summed E-state index contributed by atoms with van der Waals surface area (Å²) in [6.07, 6.45) is 0. The number of hydrogen-bond acceptors (Lipinski definition) is 5. The van der Waals surface area contributed by atoms with Crippen LogP contribution in [0.1, 0.15) is 11.1 Å². The lowest BCUT2D eigenvalue weighted by molar-refractivity contribution is -0.144. The fourth-order valence-electron chi connectivity index (χ4n) is 3.23. The third-order valence-electron chi connectivity index (χ3n) is 4.89. The number of aromatic nitrogens is 2. The number of anilines is 1. The second-order valence-corrected chi connectivity index (χ2v) is 8.84. The average Bonchev–Trinajstić information content (AvgIpc) is 3.16. The Kier molecular flexibility index (Phi) is 7.32. The van der Waals surface area contributed by atoms with E-state index in [1.807, 2.05) is 67.6 Å². The van der Waals surface area contributed by atoms with Crippen LogP contribution in [0.5, 0.6) is 0 Å². The number of rotatable bonds is 8. The van der Waals surface area contributed by atoms with Crippen LogP contribution in [-0.2, 0) is 20.9 Å². The van der Waals surface area contributed by atoms with Crippen LogP contribution < -0.4 is 5.32 Å². The van der Waals surface area contributed by atoms with Gasteiger partial charge in [-0.15, -0.1) is 0 Å². The van der Waals surface area contributed by atoms with Gasteiger partial charge in [0.25, 0.3) is 5.91 Å². The van der Waals surface area contributed by atoms with Crippen molar-refractivity contribution in [3.63, 3.8) is 0 Å². The number of nitrogens with one attached hydrogen (secondary N) is 1. The van der Waals surface area contributed by atoms with Crippen molar-refractivity contribution in [2.45, 2.75) is 18.6 Å². The lowest BCUT2D eigenvalue weighted by Gasteiger charge is -2.10. The van der Waals surface area contributed by atoms with Gasteiger partial charge in [0.05, 0.1) is 23.3 Å². The molecule has 3 aromatic carbocycles. The topological polar surface area (TPSA) is 73.2 Å². The van der Waals surface area contributed by atoms with Crippen molar-refractivity contribution in [2.24, 2.45) is 0 Å². The molecule has 0 spiro atoms. The Morgan fingerprint density at radius 3 is 2.52 bits per heavy atom. The van der Waals surface area contributed by atoms with Gasteiger partial charge >= 0.3 is 5.97 Å². The number of ether oxygens (including phenoxy) is 1. The predicted molar refractivity (Wildman–Crippen MR) is 132 cm³/mol. The highest BCUT2D eigenvalue weighted by atomic mass is 35.5. The summed E-state index contributed by atoms with van der Waals surface area (Å²) in [4.78, 5) is 29.0. The van der Waals surface area contributed by atoms with Crippen molar-refractivity contribution in [2.75, 3.05) is 17.7 Å². The van der Waals surface area contributed by atoms with Gasteiger partial charge in [-0.05, 0) is 48.9 Å². The molecule has 1 N–H and O–H groups in total. The second kappa shape index (κ2) is 10.6. The number of amides is 1. The molecule has 8 heteroatoms. The first-order chi connectivity index (χ1) is 16.0. The molecule has 0 radical (unpaired) electrons. The molecule has 0 bridgehead atoms. The molecular weight excluding hydrogens is 458 g/mol. The molecule has 0 aliphatic rings. The highest BCUT2D eigenvalue weighted by Gasteiger charge is 2.15. The lowest BCUT2D eigenvalue weighted by Crippen LogP contribution is -2.21. The Bertz CT molecular complexity index is 1270. The zero-order valence-corrected chi connectivity index (χ0v) is 19.5. The van der Waals surface area contributed by atoms with Crippen LogP contribution in [-0.4, -0.2) is 33.8 Å². The van der Waals surface area contributed by atoms with Crippen LogP contribution in [0.4, 0.5) is 5.69 Å². The first-order valence-electron chi connectivity index (χ1n) is 10.3. The molecule has 33 heavy (non-hydrogen) atoms. The molecule has 4 aromatic rings. The Morgan fingerprint density at radius 1 is 1.03 bits per heavy atom. The third kappa shape index (κ3) is 6.15. The lowest BCUT2D eigenvalue weighted by atomic mass is 10.2. The molecule has 168 valence electrons. The smallest absolute Gasteiger partial charge is 0.316 e. The number of para-hydroxylation sites is 2. The molecule has 0 saturated carbocycles. The number of carbonyl (C=O) groups is 2. The SMILES string of the molecule is Cc1ccc(NC(=O)COC(=O)CSc2nc3ccccc3n2Cc2ccc(Cl)cc2)cc1. The summed E-state index contributed by atoms with van der Waals surface area (Å²) < 4.78 is 7.20. The molecule has 0 aliphatic carbocycles. The van der Waals surface area contributed by atoms with Crippen LogP contribution in [0.2, 0.25) is 5.02 Å². The minimum atomic E-state index is -0.482. The van der Waals surface area contributed by atoms with Crippen molar-refractivity contribution in [3.05, 3.63) is 88.9 Å². The number of nitrogens with zero attached hydrogens (tertiary/aromatic N) is 2. The summed E-state index contributed by atoms with van der Waals surface area (Å²) in [6.45, 7) is 2.22. The maximum atomic E-state index is 12.3. The number of imidazole rings is 1. The zero-order chi connectivity index (χ0) is 23.2. The molecule has 1 amide bonds. The van der Waals surface area contributed by atoms with E-state index in [4.69, 9.17) is 16.3 Å². The first kappa shape index (κ1) is 22.9. The number of esters is 1. The fourth-order valence-corrected chi connectivity index (χ4v) is 4.17.